The summed E-state index contributed by atoms with van der Waals surface area (Å²) >= 11 is 1.26. The van der Waals surface area contributed by atoms with Crippen LogP contribution in [0.2, 0.25) is 0 Å². The van der Waals surface area contributed by atoms with Crippen LogP contribution in [0.15, 0.2) is 36.0 Å². The summed E-state index contributed by atoms with van der Waals surface area (Å²) in [5.41, 5.74) is 1.92. The number of benzene rings is 1. The maximum absolute atomic E-state index is 14.8. The van der Waals surface area contributed by atoms with Crippen LogP contribution in [0.5, 0.6) is 0 Å². The highest BCUT2D eigenvalue weighted by atomic mass is 32.2. The Balaban J connectivity index is 1.60. The number of Topliss-reactive ketones (excluding diaryl/α,β-unsaturated/α-hetero) is 1. The van der Waals surface area contributed by atoms with Gasteiger partial charge < -0.3 is 4.74 Å². The highest BCUT2D eigenvalue weighted by Crippen LogP contribution is 2.40. The predicted octanol–water partition coefficient (Wildman–Crippen LogP) is 3.44. The van der Waals surface area contributed by atoms with Gasteiger partial charge in [0, 0.05) is 36.7 Å². The van der Waals surface area contributed by atoms with E-state index in [1.165, 1.54) is 31.9 Å². The quantitative estimate of drug-likeness (QED) is 0.484. The number of rotatable bonds is 9. The largest absolute Gasteiger partial charge is 0.469 e. The summed E-state index contributed by atoms with van der Waals surface area (Å²) in [6, 6.07) is 5.80. The van der Waals surface area contributed by atoms with E-state index in [0.29, 0.717) is 37.3 Å². The molecule has 1 aliphatic carbocycles. The average molecular weight is 501 g/mol. The number of hydrogen-bond donors (Lipinski definition) is 0. The van der Waals surface area contributed by atoms with Gasteiger partial charge in [-0.25, -0.2) is 4.39 Å². The van der Waals surface area contributed by atoms with E-state index in [9.17, 15) is 18.8 Å². The number of carbonyl (C=O) groups is 3. The first kappa shape index (κ1) is 25.2. The zero-order valence-electron chi connectivity index (χ0n) is 19.9. The molecule has 0 bridgehead atoms. The van der Waals surface area contributed by atoms with Crippen molar-refractivity contribution in [1.29, 1.82) is 0 Å². The Morgan fingerprint density at radius 3 is 2.71 bits per heavy atom. The molecule has 35 heavy (non-hydrogen) atoms. The number of piperidine rings is 1. The summed E-state index contributed by atoms with van der Waals surface area (Å²) in [6.07, 6.45) is 6.13. The van der Waals surface area contributed by atoms with E-state index in [1.807, 2.05) is 11.0 Å². The first-order valence-electron chi connectivity index (χ1n) is 11.7. The molecule has 2 unspecified atom stereocenters. The Hall–Kier alpha value is -2.85. The van der Waals surface area contributed by atoms with Gasteiger partial charge in [0.15, 0.2) is 10.9 Å². The number of esters is 1. The predicted molar refractivity (Wildman–Crippen MR) is 130 cm³/mol. The van der Waals surface area contributed by atoms with Crippen LogP contribution < -0.4 is 0 Å². The fourth-order valence-corrected chi connectivity index (χ4v) is 5.30. The molecule has 0 radical (unpaired) electrons. The summed E-state index contributed by atoms with van der Waals surface area (Å²) < 4.78 is 21.0. The van der Waals surface area contributed by atoms with Crippen molar-refractivity contribution in [2.45, 2.75) is 50.4 Å². The number of nitrogens with zero attached hydrogens (tertiary/aromatic N) is 4. The van der Waals surface area contributed by atoms with Gasteiger partial charge in [0.05, 0.1) is 32.3 Å². The summed E-state index contributed by atoms with van der Waals surface area (Å²) in [5, 5.41) is 8.20. The highest BCUT2D eigenvalue weighted by Gasteiger charge is 2.41. The zero-order valence-corrected chi connectivity index (χ0v) is 20.7. The van der Waals surface area contributed by atoms with E-state index in [1.54, 1.807) is 29.1 Å². The third-order valence-electron chi connectivity index (χ3n) is 6.26. The van der Waals surface area contributed by atoms with Gasteiger partial charge in [0.1, 0.15) is 11.5 Å². The third-order valence-corrected chi connectivity index (χ3v) is 7.42. The van der Waals surface area contributed by atoms with E-state index < -0.39 is 6.04 Å². The van der Waals surface area contributed by atoms with E-state index in [-0.39, 0.29) is 40.3 Å². The molecule has 0 spiro atoms. The molecule has 8 nitrogen and oxygen atoms in total. The Morgan fingerprint density at radius 1 is 1.26 bits per heavy atom. The fraction of sp³-hybridized carbons (Fsp3) is 0.480. The van der Waals surface area contributed by atoms with Crippen LogP contribution in [0.4, 0.5) is 4.39 Å². The van der Waals surface area contributed by atoms with Gasteiger partial charge in [0.25, 0.3) is 0 Å². The fourth-order valence-electron chi connectivity index (χ4n) is 4.38. The van der Waals surface area contributed by atoms with Gasteiger partial charge >= 0.3 is 5.97 Å². The summed E-state index contributed by atoms with van der Waals surface area (Å²) in [5.74, 6) is -0.682. The van der Waals surface area contributed by atoms with Crippen LogP contribution in [0.25, 0.3) is 6.08 Å². The standard InChI is InChI=1S/C25H29FN4O4S/c1-16(31)35-22-9-11-29(24(25(33)17-7-8-17)20-5-3-4-6-21(20)26)14-18(22)13-19-15-30(28-27-19)12-10-23(32)34-2/h3-6,13,15,17,22,24H,7-12,14H2,1-2H3/b18-13-. The average Bonchev–Trinajstić information content (AvgIpc) is 3.60. The number of carbonyl (C=O) groups excluding carboxylic acids is 3. The first-order valence-corrected chi connectivity index (χ1v) is 12.6. The molecule has 2 heterocycles. The molecule has 10 heteroatoms. The maximum atomic E-state index is 14.8. The highest BCUT2D eigenvalue weighted by molar-refractivity contribution is 8.14. The number of likely N-dealkylation sites (tertiary alicyclic amines) is 1. The number of halogens is 1. The van der Waals surface area contributed by atoms with Crippen molar-refractivity contribution in [3.05, 3.63) is 53.1 Å². The smallest absolute Gasteiger partial charge is 0.307 e. The number of methoxy groups -OCH3 is 1. The third kappa shape index (κ3) is 6.43. The molecule has 2 atom stereocenters. The number of ketones is 1. The molecule has 1 aromatic carbocycles. The number of aromatic nitrogens is 3. The zero-order chi connectivity index (χ0) is 24.9. The van der Waals surface area contributed by atoms with E-state index in [4.69, 9.17) is 0 Å². The van der Waals surface area contributed by atoms with Gasteiger partial charge in [0.2, 0.25) is 0 Å². The molecule has 0 N–H and O–H groups in total. The topological polar surface area (TPSA) is 94.4 Å². The van der Waals surface area contributed by atoms with Gasteiger partial charge in [-0.05, 0) is 37.0 Å². The second-order valence-corrected chi connectivity index (χ2v) is 10.3. The van der Waals surface area contributed by atoms with Crippen LogP contribution in [0.3, 0.4) is 0 Å². The van der Waals surface area contributed by atoms with E-state index in [2.05, 4.69) is 15.0 Å². The second kappa shape index (κ2) is 11.3. The van der Waals surface area contributed by atoms with Crippen LogP contribution in [0.1, 0.15) is 49.9 Å². The van der Waals surface area contributed by atoms with Crippen LogP contribution in [0, 0.1) is 11.7 Å². The molecule has 1 saturated heterocycles. The van der Waals surface area contributed by atoms with Crippen molar-refractivity contribution < 1.29 is 23.5 Å². The van der Waals surface area contributed by atoms with Crippen LogP contribution >= 0.6 is 11.8 Å². The summed E-state index contributed by atoms with van der Waals surface area (Å²) in [7, 11) is 1.34. The molecular formula is C25H29FN4O4S. The second-order valence-electron chi connectivity index (χ2n) is 8.91. The van der Waals surface area contributed by atoms with Gasteiger partial charge in [-0.1, -0.05) is 35.2 Å². The number of aryl methyl sites for hydroxylation is 1. The number of thioether (sulfide) groups is 1. The van der Waals surface area contributed by atoms with Crippen molar-refractivity contribution >= 4 is 34.7 Å². The Kier molecular flexibility index (Phi) is 8.12. The molecule has 1 aromatic heterocycles. The molecule has 1 saturated carbocycles. The summed E-state index contributed by atoms with van der Waals surface area (Å²) in [4.78, 5) is 38.6. The lowest BCUT2D eigenvalue weighted by molar-refractivity contribution is -0.140. The minimum atomic E-state index is -0.661. The van der Waals surface area contributed by atoms with Crippen LogP contribution in [-0.2, 0) is 25.7 Å². The Bertz CT molecular complexity index is 1130. The molecule has 2 fully saturated rings. The maximum Gasteiger partial charge on any atom is 0.307 e. The normalized spacial score (nSPS) is 20.5. The summed E-state index contributed by atoms with van der Waals surface area (Å²) in [6.45, 7) is 2.87. The molecule has 4 rings (SSSR count). The molecule has 1 aliphatic heterocycles. The van der Waals surface area contributed by atoms with Crippen molar-refractivity contribution in [3.8, 4) is 0 Å². The molecule has 2 aliphatic rings. The van der Waals surface area contributed by atoms with Crippen molar-refractivity contribution in [1.82, 2.24) is 19.9 Å². The number of hydrogen-bond acceptors (Lipinski definition) is 8. The van der Waals surface area contributed by atoms with Crippen molar-refractivity contribution in [3.63, 3.8) is 0 Å². The first-order chi connectivity index (χ1) is 16.9. The van der Waals surface area contributed by atoms with Gasteiger partial charge in [-0.3, -0.25) is 24.0 Å². The molecule has 186 valence electrons. The van der Waals surface area contributed by atoms with Gasteiger partial charge in [-0.2, -0.15) is 0 Å². The Morgan fingerprint density at radius 2 is 2.03 bits per heavy atom. The SMILES string of the molecule is COC(=O)CCn1cc(/C=C2/CN(C(C(=O)C3CC3)c3ccccc3F)CCC2SC(C)=O)nn1. The van der Waals surface area contributed by atoms with Crippen molar-refractivity contribution in [2.24, 2.45) is 5.92 Å². The molecular weight excluding hydrogens is 471 g/mol. The monoisotopic (exact) mass is 500 g/mol. The lowest BCUT2D eigenvalue weighted by Crippen LogP contribution is -2.43. The lowest BCUT2D eigenvalue weighted by atomic mass is 9.93. The van der Waals surface area contributed by atoms with Gasteiger partial charge in [-0.15, -0.1) is 5.10 Å². The Labute approximate surface area is 207 Å². The van der Waals surface area contributed by atoms with Crippen LogP contribution in [-0.4, -0.2) is 62.2 Å². The van der Waals surface area contributed by atoms with E-state index in [0.717, 1.165) is 18.4 Å². The van der Waals surface area contributed by atoms with Crippen molar-refractivity contribution in [2.75, 3.05) is 20.2 Å². The lowest BCUT2D eigenvalue weighted by Gasteiger charge is -2.38. The molecule has 0 amide bonds. The van der Waals surface area contributed by atoms with E-state index >= 15 is 0 Å². The minimum absolute atomic E-state index is 0.00999. The number of ether oxygens (including phenoxy) is 1. The molecule has 2 aromatic rings. The minimum Gasteiger partial charge on any atom is -0.469 e.